The minimum absolute atomic E-state index is 0.0390. The maximum Gasteiger partial charge on any atom is 0.329 e. The van der Waals surface area contributed by atoms with Crippen molar-refractivity contribution in [2.45, 2.75) is 90.0 Å². The smallest absolute Gasteiger partial charge is 0.329 e. The normalized spacial score (nSPS) is 29.5. The van der Waals surface area contributed by atoms with Crippen molar-refractivity contribution in [2.75, 3.05) is 6.54 Å². The highest BCUT2D eigenvalue weighted by molar-refractivity contribution is 5.92. The number of phenols is 1. The lowest BCUT2D eigenvalue weighted by Crippen LogP contribution is -2.54. The molecule has 2 amide bonds. The average Bonchev–Trinajstić information content (AvgIpc) is 3.48. The molecule has 0 aromatic heterocycles. The second kappa shape index (κ2) is 10.5. The van der Waals surface area contributed by atoms with Gasteiger partial charge >= 0.3 is 5.97 Å². The second-order valence-corrected chi connectivity index (χ2v) is 11.7. The summed E-state index contributed by atoms with van der Waals surface area (Å²) < 4.78 is 6.08. The minimum Gasteiger partial charge on any atom is -0.508 e. The summed E-state index contributed by atoms with van der Waals surface area (Å²) in [5, 5.41) is 22.5. The number of ether oxygens (including phenoxy) is 1. The molecule has 6 unspecified atom stereocenters. The zero-order valence-corrected chi connectivity index (χ0v) is 22.1. The van der Waals surface area contributed by atoms with Gasteiger partial charge in [-0.15, -0.1) is 6.58 Å². The molecule has 3 aliphatic rings. The molecule has 202 valence electrons. The molecule has 1 saturated heterocycles. The van der Waals surface area contributed by atoms with Gasteiger partial charge in [-0.1, -0.05) is 39.0 Å². The molecular formula is C29H40N2O6. The van der Waals surface area contributed by atoms with Crippen molar-refractivity contribution in [1.29, 1.82) is 0 Å². The van der Waals surface area contributed by atoms with E-state index in [9.17, 15) is 24.6 Å². The summed E-state index contributed by atoms with van der Waals surface area (Å²) in [5.74, 6) is -0.780. The first-order chi connectivity index (χ1) is 17.5. The molecule has 4 rings (SSSR count). The molecule has 1 aromatic rings. The molecule has 8 nitrogen and oxygen atoms in total. The zero-order chi connectivity index (χ0) is 27.0. The Morgan fingerprint density at radius 3 is 2.51 bits per heavy atom. The Kier molecular flexibility index (Phi) is 7.70. The van der Waals surface area contributed by atoms with Crippen molar-refractivity contribution in [2.24, 2.45) is 16.7 Å². The molecule has 2 aliphatic carbocycles. The Morgan fingerprint density at radius 1 is 1.22 bits per heavy atom. The molecule has 8 heteroatoms. The molecule has 2 bridgehead atoms. The van der Waals surface area contributed by atoms with E-state index in [-0.39, 0.29) is 47.4 Å². The van der Waals surface area contributed by atoms with Crippen LogP contribution in [0.4, 0.5) is 0 Å². The molecule has 1 aromatic carbocycles. The second-order valence-electron chi connectivity index (χ2n) is 11.7. The fourth-order valence-electron chi connectivity index (χ4n) is 6.61. The Hall–Kier alpha value is -2.87. The van der Waals surface area contributed by atoms with E-state index >= 15 is 0 Å². The SMILES string of the molecule is C=CCC(NC(=O)C(O)Cc1ccc(O)cc1)C(=O)N1CCCC1C(=O)OC1CC2CCC1(C)C2(C)C. The molecule has 0 radical (unpaired) electrons. The number of hydrogen-bond acceptors (Lipinski definition) is 6. The van der Waals surface area contributed by atoms with Crippen molar-refractivity contribution >= 4 is 17.8 Å². The predicted octanol–water partition coefficient (Wildman–Crippen LogP) is 3.11. The van der Waals surface area contributed by atoms with Crippen LogP contribution in [-0.4, -0.2) is 63.7 Å². The number of fused-ring (bicyclic) bond motifs is 2. The molecule has 0 spiro atoms. The number of aliphatic hydroxyl groups is 1. The summed E-state index contributed by atoms with van der Waals surface area (Å²) in [5.41, 5.74) is 0.726. The number of likely N-dealkylation sites (tertiary alicyclic amines) is 1. The number of phenolic OH excluding ortho intramolecular Hbond substituents is 1. The lowest BCUT2D eigenvalue weighted by atomic mass is 9.70. The predicted molar refractivity (Wildman–Crippen MR) is 138 cm³/mol. The maximum atomic E-state index is 13.5. The van der Waals surface area contributed by atoms with Crippen LogP contribution in [0, 0.1) is 16.7 Å². The van der Waals surface area contributed by atoms with E-state index < -0.39 is 24.1 Å². The largest absolute Gasteiger partial charge is 0.508 e. The number of carbonyl (C=O) groups is 3. The number of nitrogens with zero attached hydrogens (tertiary/aromatic N) is 1. The van der Waals surface area contributed by atoms with Crippen LogP contribution in [0.3, 0.4) is 0 Å². The Balaban J connectivity index is 1.39. The summed E-state index contributed by atoms with van der Waals surface area (Å²) in [6.45, 7) is 10.9. The number of rotatable bonds is 9. The number of benzene rings is 1. The molecule has 3 fully saturated rings. The molecule has 37 heavy (non-hydrogen) atoms. The van der Waals surface area contributed by atoms with Gasteiger partial charge in [-0.25, -0.2) is 4.79 Å². The van der Waals surface area contributed by atoms with Gasteiger partial charge in [0, 0.05) is 18.4 Å². The van der Waals surface area contributed by atoms with Crippen LogP contribution >= 0.6 is 0 Å². The van der Waals surface area contributed by atoms with Gasteiger partial charge in [0.25, 0.3) is 0 Å². The third kappa shape index (κ3) is 5.13. The number of amides is 2. The van der Waals surface area contributed by atoms with Gasteiger partial charge in [0.2, 0.25) is 11.8 Å². The topological polar surface area (TPSA) is 116 Å². The van der Waals surface area contributed by atoms with Crippen molar-refractivity contribution in [3.8, 4) is 5.75 Å². The maximum absolute atomic E-state index is 13.5. The number of nitrogens with one attached hydrogen (secondary N) is 1. The third-order valence-electron chi connectivity index (χ3n) is 9.47. The van der Waals surface area contributed by atoms with Gasteiger partial charge in [0.15, 0.2) is 0 Å². The van der Waals surface area contributed by atoms with E-state index in [1.54, 1.807) is 12.1 Å². The van der Waals surface area contributed by atoms with E-state index in [2.05, 4.69) is 32.7 Å². The fourth-order valence-corrected chi connectivity index (χ4v) is 6.61. The summed E-state index contributed by atoms with van der Waals surface area (Å²) in [7, 11) is 0. The molecular weight excluding hydrogens is 472 g/mol. The summed E-state index contributed by atoms with van der Waals surface area (Å²) in [6.07, 6.45) is 4.50. The van der Waals surface area contributed by atoms with Gasteiger partial charge in [-0.05, 0) is 67.6 Å². The molecule has 6 atom stereocenters. The van der Waals surface area contributed by atoms with Gasteiger partial charge in [0.05, 0.1) is 0 Å². The van der Waals surface area contributed by atoms with Crippen LogP contribution in [0.15, 0.2) is 36.9 Å². The highest BCUT2D eigenvalue weighted by Crippen LogP contribution is 2.66. The van der Waals surface area contributed by atoms with Crippen molar-refractivity contribution in [3.05, 3.63) is 42.5 Å². The van der Waals surface area contributed by atoms with E-state index in [0.717, 1.165) is 19.3 Å². The van der Waals surface area contributed by atoms with E-state index in [1.807, 2.05) is 0 Å². The highest BCUT2D eigenvalue weighted by atomic mass is 16.5. The van der Waals surface area contributed by atoms with Gasteiger partial charge in [-0.3, -0.25) is 9.59 Å². The molecule has 2 saturated carbocycles. The average molecular weight is 513 g/mol. The van der Waals surface area contributed by atoms with Crippen LogP contribution in [-0.2, 0) is 25.5 Å². The Bertz CT molecular complexity index is 1040. The molecule has 1 heterocycles. The minimum atomic E-state index is -1.37. The lowest BCUT2D eigenvalue weighted by molar-refractivity contribution is -0.165. The lowest BCUT2D eigenvalue weighted by Gasteiger charge is -2.39. The number of aromatic hydroxyl groups is 1. The number of aliphatic hydroxyl groups excluding tert-OH is 1. The van der Waals surface area contributed by atoms with E-state index in [1.165, 1.54) is 23.1 Å². The van der Waals surface area contributed by atoms with E-state index in [0.29, 0.717) is 30.9 Å². The molecule has 1 aliphatic heterocycles. The Morgan fingerprint density at radius 2 is 1.92 bits per heavy atom. The zero-order valence-electron chi connectivity index (χ0n) is 22.1. The number of esters is 1. The highest BCUT2D eigenvalue weighted by Gasteiger charge is 2.63. The number of hydrogen-bond donors (Lipinski definition) is 3. The third-order valence-corrected chi connectivity index (χ3v) is 9.47. The number of carbonyl (C=O) groups excluding carboxylic acids is 3. The van der Waals surface area contributed by atoms with Crippen molar-refractivity contribution < 1.29 is 29.3 Å². The van der Waals surface area contributed by atoms with Gasteiger partial charge in [0.1, 0.15) is 30.0 Å². The molecule has 3 N–H and O–H groups in total. The van der Waals surface area contributed by atoms with Gasteiger partial charge in [-0.2, -0.15) is 0 Å². The summed E-state index contributed by atoms with van der Waals surface area (Å²) in [6, 6.07) is 4.59. The summed E-state index contributed by atoms with van der Waals surface area (Å²) >= 11 is 0. The first kappa shape index (κ1) is 27.2. The summed E-state index contributed by atoms with van der Waals surface area (Å²) in [4.78, 5) is 41.0. The van der Waals surface area contributed by atoms with Crippen LogP contribution in [0.2, 0.25) is 0 Å². The van der Waals surface area contributed by atoms with Crippen molar-refractivity contribution in [3.63, 3.8) is 0 Å². The van der Waals surface area contributed by atoms with Crippen LogP contribution < -0.4 is 5.32 Å². The fraction of sp³-hybridized carbons (Fsp3) is 0.621. The van der Waals surface area contributed by atoms with Crippen LogP contribution in [0.25, 0.3) is 0 Å². The first-order valence-corrected chi connectivity index (χ1v) is 13.4. The van der Waals surface area contributed by atoms with Crippen molar-refractivity contribution in [1.82, 2.24) is 10.2 Å². The van der Waals surface area contributed by atoms with Gasteiger partial charge < -0.3 is 25.2 Å². The monoisotopic (exact) mass is 512 g/mol. The van der Waals surface area contributed by atoms with Crippen LogP contribution in [0.5, 0.6) is 5.75 Å². The van der Waals surface area contributed by atoms with Crippen LogP contribution in [0.1, 0.15) is 64.9 Å². The quantitative estimate of drug-likeness (QED) is 0.346. The van der Waals surface area contributed by atoms with E-state index in [4.69, 9.17) is 4.74 Å². The Labute approximate surface area is 219 Å². The standard InChI is InChI=1S/C29H40N2O6/c1-5-7-21(30-25(34)23(33)16-18-9-11-20(32)12-10-18)26(35)31-15-6-8-22(31)27(36)37-24-17-19-13-14-29(24,4)28(19,2)3/h5,9-12,19,21-24,32-33H,1,6-8,13-17H2,2-4H3,(H,30,34). The first-order valence-electron chi connectivity index (χ1n) is 13.4.